The molecule has 1 N–H and O–H groups in total. The van der Waals surface area contributed by atoms with Crippen LogP contribution in [0.1, 0.15) is 47.0 Å². The predicted molar refractivity (Wildman–Crippen MR) is 76.0 cm³/mol. The Hall–Kier alpha value is -0.610. The lowest BCUT2D eigenvalue weighted by atomic mass is 9.94. The molecule has 0 aromatic rings. The molecule has 2 atom stereocenters. The zero-order chi connectivity index (χ0) is 14.5. The SMILES string of the molecule is CCOC(=O)C(COC(C)CC(C)C)(NC)C1CC1. The first kappa shape index (κ1) is 16.4. The molecule has 1 fully saturated rings. The van der Waals surface area contributed by atoms with E-state index < -0.39 is 5.54 Å². The summed E-state index contributed by atoms with van der Waals surface area (Å²) in [5.74, 6) is 0.780. The van der Waals surface area contributed by atoms with E-state index in [4.69, 9.17) is 9.47 Å². The first-order chi connectivity index (χ1) is 8.96. The van der Waals surface area contributed by atoms with Crippen molar-refractivity contribution < 1.29 is 14.3 Å². The second-order valence-corrected chi connectivity index (χ2v) is 5.97. The van der Waals surface area contributed by atoms with Crippen LogP contribution in [0.5, 0.6) is 0 Å². The Morgan fingerprint density at radius 3 is 2.42 bits per heavy atom. The maximum atomic E-state index is 12.2. The second kappa shape index (κ2) is 7.25. The molecule has 0 amide bonds. The van der Waals surface area contributed by atoms with E-state index in [-0.39, 0.29) is 12.1 Å². The topological polar surface area (TPSA) is 47.6 Å². The van der Waals surface area contributed by atoms with Crippen molar-refractivity contribution in [2.24, 2.45) is 11.8 Å². The molecule has 0 aliphatic heterocycles. The van der Waals surface area contributed by atoms with Crippen molar-refractivity contribution in [3.05, 3.63) is 0 Å². The maximum absolute atomic E-state index is 12.2. The van der Waals surface area contributed by atoms with Crippen LogP contribution < -0.4 is 5.32 Å². The summed E-state index contributed by atoms with van der Waals surface area (Å²) in [6.07, 6.45) is 3.32. The van der Waals surface area contributed by atoms with E-state index in [1.165, 1.54) is 0 Å². The monoisotopic (exact) mass is 271 g/mol. The van der Waals surface area contributed by atoms with E-state index in [9.17, 15) is 4.79 Å². The largest absolute Gasteiger partial charge is 0.465 e. The smallest absolute Gasteiger partial charge is 0.329 e. The highest BCUT2D eigenvalue weighted by Crippen LogP contribution is 2.40. The van der Waals surface area contributed by atoms with E-state index in [1.807, 2.05) is 14.0 Å². The van der Waals surface area contributed by atoms with Crippen molar-refractivity contribution in [3.8, 4) is 0 Å². The fourth-order valence-corrected chi connectivity index (χ4v) is 2.56. The van der Waals surface area contributed by atoms with Crippen LogP contribution in [-0.4, -0.2) is 37.9 Å². The number of rotatable bonds is 9. The molecule has 0 radical (unpaired) electrons. The van der Waals surface area contributed by atoms with Gasteiger partial charge in [-0.1, -0.05) is 13.8 Å². The van der Waals surface area contributed by atoms with Crippen molar-refractivity contribution in [2.45, 2.75) is 58.6 Å². The van der Waals surface area contributed by atoms with Crippen LogP contribution >= 0.6 is 0 Å². The van der Waals surface area contributed by atoms with E-state index in [0.29, 0.717) is 25.0 Å². The van der Waals surface area contributed by atoms with E-state index >= 15 is 0 Å². The fourth-order valence-electron chi connectivity index (χ4n) is 2.56. The van der Waals surface area contributed by atoms with Gasteiger partial charge in [-0.2, -0.15) is 0 Å². The molecule has 0 aromatic heterocycles. The van der Waals surface area contributed by atoms with Crippen molar-refractivity contribution in [1.82, 2.24) is 5.32 Å². The number of carbonyl (C=O) groups excluding carboxylic acids is 1. The lowest BCUT2D eigenvalue weighted by molar-refractivity contribution is -0.156. The number of hydrogen-bond acceptors (Lipinski definition) is 4. The van der Waals surface area contributed by atoms with Gasteiger partial charge in [-0.3, -0.25) is 0 Å². The third-order valence-corrected chi connectivity index (χ3v) is 3.76. The summed E-state index contributed by atoms with van der Waals surface area (Å²) in [4.78, 5) is 12.2. The van der Waals surface area contributed by atoms with Crippen LogP contribution in [0.25, 0.3) is 0 Å². The van der Waals surface area contributed by atoms with Gasteiger partial charge in [-0.25, -0.2) is 4.79 Å². The van der Waals surface area contributed by atoms with E-state index in [1.54, 1.807) is 0 Å². The van der Waals surface area contributed by atoms with Crippen molar-refractivity contribution in [3.63, 3.8) is 0 Å². The van der Waals surface area contributed by atoms with Crippen molar-refractivity contribution in [2.75, 3.05) is 20.3 Å². The minimum Gasteiger partial charge on any atom is -0.465 e. The molecule has 2 unspecified atom stereocenters. The Labute approximate surface area is 117 Å². The summed E-state index contributed by atoms with van der Waals surface area (Å²) in [7, 11) is 1.83. The van der Waals surface area contributed by atoms with Crippen LogP contribution in [0.3, 0.4) is 0 Å². The fraction of sp³-hybridized carbons (Fsp3) is 0.933. The average molecular weight is 271 g/mol. The molecule has 0 heterocycles. The number of esters is 1. The van der Waals surface area contributed by atoms with Gasteiger partial charge in [0, 0.05) is 0 Å². The van der Waals surface area contributed by atoms with Crippen molar-refractivity contribution >= 4 is 5.97 Å². The molecule has 0 bridgehead atoms. The van der Waals surface area contributed by atoms with Gasteiger partial charge in [-0.05, 0) is 52.0 Å². The van der Waals surface area contributed by atoms with E-state index in [0.717, 1.165) is 19.3 Å². The summed E-state index contributed by atoms with van der Waals surface area (Å²) in [5, 5.41) is 3.17. The van der Waals surface area contributed by atoms with Crippen molar-refractivity contribution in [1.29, 1.82) is 0 Å². The quantitative estimate of drug-likeness (QED) is 0.654. The Bertz CT molecular complexity index is 289. The first-order valence-corrected chi connectivity index (χ1v) is 7.44. The molecule has 4 heteroatoms. The van der Waals surface area contributed by atoms with Crippen LogP contribution in [0, 0.1) is 11.8 Å². The van der Waals surface area contributed by atoms with Gasteiger partial charge in [0.1, 0.15) is 5.54 Å². The molecule has 1 aliphatic rings. The Morgan fingerprint density at radius 1 is 1.37 bits per heavy atom. The molecule has 1 rings (SSSR count). The number of carbonyl (C=O) groups is 1. The highest BCUT2D eigenvalue weighted by atomic mass is 16.5. The number of ether oxygens (including phenoxy) is 2. The molecule has 0 spiro atoms. The Morgan fingerprint density at radius 2 is 2.00 bits per heavy atom. The van der Waals surface area contributed by atoms with Gasteiger partial charge in [-0.15, -0.1) is 0 Å². The Balaban J connectivity index is 2.61. The van der Waals surface area contributed by atoms with Gasteiger partial charge >= 0.3 is 5.97 Å². The van der Waals surface area contributed by atoms with Crippen LogP contribution in [0.15, 0.2) is 0 Å². The van der Waals surface area contributed by atoms with Crippen LogP contribution in [0.4, 0.5) is 0 Å². The average Bonchev–Trinajstić information content (AvgIpc) is 3.14. The number of nitrogens with one attached hydrogen (secondary N) is 1. The van der Waals surface area contributed by atoms with Gasteiger partial charge in [0.05, 0.1) is 19.3 Å². The normalized spacial score (nSPS) is 20.1. The second-order valence-electron chi connectivity index (χ2n) is 5.97. The standard InChI is InChI=1S/C15H29NO3/c1-6-18-14(17)15(16-5,13-7-8-13)10-19-12(4)9-11(2)3/h11-13,16H,6-10H2,1-5H3. The molecule has 4 nitrogen and oxygen atoms in total. The zero-order valence-corrected chi connectivity index (χ0v) is 13.0. The molecular weight excluding hydrogens is 242 g/mol. The summed E-state index contributed by atoms with van der Waals surface area (Å²) in [6.45, 7) is 9.08. The lowest BCUT2D eigenvalue weighted by Crippen LogP contribution is -2.57. The van der Waals surface area contributed by atoms with Crippen LogP contribution in [-0.2, 0) is 14.3 Å². The zero-order valence-electron chi connectivity index (χ0n) is 13.0. The molecule has 0 aromatic carbocycles. The summed E-state index contributed by atoms with van der Waals surface area (Å²) >= 11 is 0. The van der Waals surface area contributed by atoms with Gasteiger partial charge in [0.25, 0.3) is 0 Å². The third kappa shape index (κ3) is 4.46. The first-order valence-electron chi connectivity index (χ1n) is 7.44. The summed E-state index contributed by atoms with van der Waals surface area (Å²) in [5.41, 5.74) is -0.652. The van der Waals surface area contributed by atoms with E-state index in [2.05, 4.69) is 26.1 Å². The van der Waals surface area contributed by atoms with Crippen LogP contribution in [0.2, 0.25) is 0 Å². The minimum absolute atomic E-state index is 0.168. The molecule has 0 saturated heterocycles. The number of hydrogen-bond donors (Lipinski definition) is 1. The molecule has 1 saturated carbocycles. The minimum atomic E-state index is -0.652. The van der Waals surface area contributed by atoms with Gasteiger partial charge in [0.15, 0.2) is 0 Å². The third-order valence-electron chi connectivity index (χ3n) is 3.76. The van der Waals surface area contributed by atoms with Gasteiger partial charge in [0.2, 0.25) is 0 Å². The molecule has 19 heavy (non-hydrogen) atoms. The maximum Gasteiger partial charge on any atom is 0.329 e. The molecule has 112 valence electrons. The lowest BCUT2D eigenvalue weighted by Gasteiger charge is -2.32. The van der Waals surface area contributed by atoms with Gasteiger partial charge < -0.3 is 14.8 Å². The highest BCUT2D eigenvalue weighted by molar-refractivity contribution is 5.82. The summed E-state index contributed by atoms with van der Waals surface area (Å²) in [6, 6.07) is 0. The predicted octanol–water partition coefficient (Wildman–Crippen LogP) is 2.37. The summed E-state index contributed by atoms with van der Waals surface area (Å²) < 4.78 is 11.1. The molecule has 1 aliphatic carbocycles. The number of likely N-dealkylation sites (N-methyl/N-ethyl adjacent to an activating group) is 1. The Kier molecular flexibility index (Phi) is 6.27. The highest BCUT2D eigenvalue weighted by Gasteiger charge is 2.51. The molecular formula is C15H29NO3.